The fraction of sp³-hybridized carbons (Fsp3) is 0.625. The van der Waals surface area contributed by atoms with Gasteiger partial charge in [0.2, 0.25) is 10.0 Å². The molecule has 2 aliphatic rings. The molecule has 8 nitrogen and oxygen atoms in total. The van der Waals surface area contributed by atoms with E-state index in [1.807, 2.05) is 0 Å². The Bertz CT molecular complexity index is 868. The van der Waals surface area contributed by atoms with Crippen molar-refractivity contribution in [3.63, 3.8) is 0 Å². The van der Waals surface area contributed by atoms with E-state index in [1.54, 1.807) is 13.8 Å². The molecule has 0 aromatic carbocycles. The van der Waals surface area contributed by atoms with E-state index < -0.39 is 10.0 Å². The van der Waals surface area contributed by atoms with Crippen molar-refractivity contribution in [3.05, 3.63) is 29.3 Å². The molecule has 0 amide bonds. The quantitative estimate of drug-likeness (QED) is 0.835. The van der Waals surface area contributed by atoms with Crippen LogP contribution in [-0.4, -0.2) is 31.2 Å². The third-order valence-electron chi connectivity index (χ3n) is 4.57. The van der Waals surface area contributed by atoms with Gasteiger partial charge in [0, 0.05) is 12.5 Å². The first-order valence-corrected chi connectivity index (χ1v) is 9.96. The Labute approximate surface area is 146 Å². The van der Waals surface area contributed by atoms with Crippen molar-refractivity contribution in [1.29, 1.82) is 0 Å². The molecular formula is C16H21N3O5S. The van der Waals surface area contributed by atoms with Crippen LogP contribution < -0.4 is 4.72 Å². The molecule has 1 aliphatic carbocycles. The average molecular weight is 367 g/mol. The average Bonchev–Trinajstić information content (AvgIpc) is 2.98. The van der Waals surface area contributed by atoms with Gasteiger partial charge in [0.1, 0.15) is 22.5 Å². The predicted molar refractivity (Wildman–Crippen MR) is 86.5 cm³/mol. The van der Waals surface area contributed by atoms with Crippen LogP contribution in [0.25, 0.3) is 0 Å². The van der Waals surface area contributed by atoms with Crippen LogP contribution in [0.2, 0.25) is 0 Å². The molecule has 2 atom stereocenters. The molecule has 9 heteroatoms. The molecule has 4 rings (SSSR count). The monoisotopic (exact) mass is 367 g/mol. The van der Waals surface area contributed by atoms with Crippen LogP contribution in [0.5, 0.6) is 0 Å². The van der Waals surface area contributed by atoms with Crippen molar-refractivity contribution in [3.8, 4) is 0 Å². The minimum Gasteiger partial charge on any atom is -0.465 e. The van der Waals surface area contributed by atoms with Gasteiger partial charge in [0.15, 0.2) is 5.82 Å². The molecule has 3 heterocycles. The molecule has 2 aromatic heterocycles. The van der Waals surface area contributed by atoms with Crippen molar-refractivity contribution in [1.82, 2.24) is 14.9 Å². The summed E-state index contributed by atoms with van der Waals surface area (Å²) >= 11 is 0. The highest BCUT2D eigenvalue weighted by atomic mass is 32.2. The highest BCUT2D eigenvalue weighted by Gasteiger charge is 2.34. The molecule has 1 aliphatic heterocycles. The van der Waals surface area contributed by atoms with Crippen LogP contribution in [0.1, 0.15) is 60.9 Å². The fourth-order valence-electron chi connectivity index (χ4n) is 3.08. The Morgan fingerprint density at radius 1 is 1.24 bits per heavy atom. The second-order valence-corrected chi connectivity index (χ2v) is 8.45. The maximum absolute atomic E-state index is 12.4. The van der Waals surface area contributed by atoms with Gasteiger partial charge in [-0.25, -0.2) is 13.1 Å². The van der Waals surface area contributed by atoms with Crippen molar-refractivity contribution in [2.24, 2.45) is 0 Å². The lowest BCUT2D eigenvalue weighted by molar-refractivity contribution is 0.0290. The Hall–Kier alpha value is -1.71. The maximum atomic E-state index is 12.4. The van der Waals surface area contributed by atoms with Crippen LogP contribution in [0.4, 0.5) is 0 Å². The van der Waals surface area contributed by atoms with Crippen LogP contribution in [-0.2, 0) is 14.8 Å². The number of rotatable bonds is 6. The summed E-state index contributed by atoms with van der Waals surface area (Å²) in [6.07, 6.45) is 3.22. The largest absolute Gasteiger partial charge is 0.465 e. The summed E-state index contributed by atoms with van der Waals surface area (Å²) in [4.78, 5) is 4.58. The van der Waals surface area contributed by atoms with Gasteiger partial charge in [0.25, 0.3) is 5.89 Å². The normalized spacial score (nSPS) is 24.1. The molecule has 25 heavy (non-hydrogen) atoms. The molecular weight excluding hydrogens is 346 g/mol. The highest BCUT2D eigenvalue weighted by Crippen LogP contribution is 2.39. The molecule has 0 spiro atoms. The highest BCUT2D eigenvalue weighted by molar-refractivity contribution is 7.89. The van der Waals surface area contributed by atoms with Crippen molar-refractivity contribution in [2.75, 3.05) is 6.54 Å². The van der Waals surface area contributed by atoms with E-state index in [0.717, 1.165) is 31.5 Å². The van der Waals surface area contributed by atoms with Crippen LogP contribution in [0.3, 0.4) is 0 Å². The Morgan fingerprint density at radius 3 is 2.72 bits per heavy atom. The minimum atomic E-state index is -3.61. The van der Waals surface area contributed by atoms with E-state index in [4.69, 9.17) is 13.7 Å². The maximum Gasteiger partial charge on any atom is 0.255 e. The molecule has 2 aromatic rings. The number of ether oxygens (including phenoxy) is 1. The predicted octanol–water partition coefficient (Wildman–Crippen LogP) is 2.36. The zero-order chi connectivity index (χ0) is 17.6. The molecule has 0 unspecified atom stereocenters. The smallest absolute Gasteiger partial charge is 0.255 e. The first-order chi connectivity index (χ1) is 11.9. The van der Waals surface area contributed by atoms with Crippen LogP contribution in [0.15, 0.2) is 19.9 Å². The topological polar surface area (TPSA) is 107 Å². The standard InChI is InChI=1S/C16H21N3O5S/c1-9-7-14(10(2)22-9)25(20,21)17-8-12-5-6-13(23-12)16-18-15(19-24-16)11-3-4-11/h7,11-13,17H,3-6,8H2,1-2H3/t12-,13+/m1/s1. The van der Waals surface area contributed by atoms with Gasteiger partial charge >= 0.3 is 0 Å². The Balaban J connectivity index is 1.35. The number of nitrogens with zero attached hydrogens (tertiary/aromatic N) is 2. The van der Waals surface area contributed by atoms with Gasteiger partial charge in [-0.2, -0.15) is 4.98 Å². The summed E-state index contributed by atoms with van der Waals surface area (Å²) in [5.74, 6) is 2.64. The number of furan rings is 1. The third kappa shape index (κ3) is 3.49. The van der Waals surface area contributed by atoms with Gasteiger partial charge in [-0.05, 0) is 45.6 Å². The van der Waals surface area contributed by atoms with E-state index in [-0.39, 0.29) is 23.6 Å². The van der Waals surface area contributed by atoms with E-state index >= 15 is 0 Å². The van der Waals surface area contributed by atoms with Crippen LogP contribution >= 0.6 is 0 Å². The molecule has 1 saturated heterocycles. The molecule has 2 fully saturated rings. The number of sulfonamides is 1. The van der Waals surface area contributed by atoms with Gasteiger partial charge in [-0.15, -0.1) is 0 Å². The zero-order valence-corrected chi connectivity index (χ0v) is 15.0. The number of aromatic nitrogens is 2. The molecule has 0 radical (unpaired) electrons. The van der Waals surface area contributed by atoms with E-state index in [1.165, 1.54) is 6.07 Å². The van der Waals surface area contributed by atoms with Gasteiger partial charge in [-0.3, -0.25) is 0 Å². The van der Waals surface area contributed by atoms with Crippen LogP contribution in [0, 0.1) is 13.8 Å². The minimum absolute atomic E-state index is 0.172. The summed E-state index contributed by atoms with van der Waals surface area (Å²) < 4.78 is 43.9. The lowest BCUT2D eigenvalue weighted by atomic mass is 10.2. The second kappa shape index (κ2) is 6.22. The SMILES string of the molecule is Cc1cc(S(=O)(=O)NC[C@H]2CC[C@@H](c3nc(C4CC4)no3)O2)c(C)o1. The Morgan fingerprint density at radius 2 is 2.04 bits per heavy atom. The number of hydrogen-bond acceptors (Lipinski definition) is 7. The molecule has 1 N–H and O–H groups in total. The van der Waals surface area contributed by atoms with Crippen molar-refractivity contribution in [2.45, 2.75) is 62.6 Å². The summed E-state index contributed by atoms with van der Waals surface area (Å²) in [5.41, 5.74) is 0. The fourth-order valence-corrected chi connectivity index (χ4v) is 4.38. The first kappa shape index (κ1) is 16.7. The summed E-state index contributed by atoms with van der Waals surface area (Å²) in [7, 11) is -3.61. The van der Waals surface area contributed by atoms with E-state index in [0.29, 0.717) is 23.3 Å². The molecule has 136 valence electrons. The van der Waals surface area contributed by atoms with Gasteiger partial charge in [0.05, 0.1) is 6.10 Å². The van der Waals surface area contributed by atoms with E-state index in [2.05, 4.69) is 14.9 Å². The Kier molecular flexibility index (Phi) is 4.17. The molecule has 1 saturated carbocycles. The summed E-state index contributed by atoms with van der Waals surface area (Å²) in [6.45, 7) is 3.56. The lowest BCUT2D eigenvalue weighted by Gasteiger charge is -2.12. The number of aryl methyl sites for hydroxylation is 2. The second-order valence-electron chi connectivity index (χ2n) is 6.72. The lowest BCUT2D eigenvalue weighted by Crippen LogP contribution is -2.32. The number of nitrogens with one attached hydrogen (secondary N) is 1. The first-order valence-electron chi connectivity index (χ1n) is 8.48. The van der Waals surface area contributed by atoms with Gasteiger partial charge in [-0.1, -0.05) is 5.16 Å². The van der Waals surface area contributed by atoms with E-state index in [9.17, 15) is 8.42 Å². The zero-order valence-electron chi connectivity index (χ0n) is 14.2. The summed E-state index contributed by atoms with van der Waals surface area (Å²) in [5, 5.41) is 4.00. The molecule has 0 bridgehead atoms. The summed E-state index contributed by atoms with van der Waals surface area (Å²) in [6, 6.07) is 1.52. The third-order valence-corrected chi connectivity index (χ3v) is 6.10. The van der Waals surface area contributed by atoms with Crippen molar-refractivity contribution >= 4 is 10.0 Å². The van der Waals surface area contributed by atoms with Crippen molar-refractivity contribution < 1.29 is 22.1 Å². The number of hydrogen-bond donors (Lipinski definition) is 1. The van der Waals surface area contributed by atoms with Gasteiger partial charge < -0.3 is 13.7 Å².